The summed E-state index contributed by atoms with van der Waals surface area (Å²) in [5, 5.41) is 13.3. The number of unbranched alkanes of at least 4 members (excludes halogenated alkanes) is 1. The molecule has 3 nitrogen and oxygen atoms in total. The Bertz CT molecular complexity index is 209. The van der Waals surface area contributed by atoms with Crippen LogP contribution in [0.1, 0.15) is 66.7 Å². The van der Waals surface area contributed by atoms with Gasteiger partial charge in [-0.3, -0.25) is 0 Å². The smallest absolute Gasteiger partial charge is 0.0897 e. The van der Waals surface area contributed by atoms with Crippen LogP contribution in [-0.2, 0) is 4.74 Å². The molecule has 0 fully saturated rings. The van der Waals surface area contributed by atoms with Gasteiger partial charge in [-0.1, -0.05) is 47.0 Å². The average Bonchev–Trinajstić information content (AvgIpc) is 2.39. The Hall–Kier alpha value is -0.120. The lowest BCUT2D eigenvalue weighted by molar-refractivity contribution is 0.0183. The summed E-state index contributed by atoms with van der Waals surface area (Å²) in [6.07, 6.45) is 5.68. The van der Waals surface area contributed by atoms with Crippen LogP contribution in [0.2, 0.25) is 0 Å². The number of nitrogens with one attached hydrogen (secondary N) is 1. The molecule has 0 aliphatic carbocycles. The van der Waals surface area contributed by atoms with Crippen molar-refractivity contribution in [2.45, 2.75) is 78.9 Å². The molecule has 0 aliphatic heterocycles. The minimum atomic E-state index is -0.395. The summed E-state index contributed by atoms with van der Waals surface area (Å²) in [6, 6.07) is 0.456. The maximum Gasteiger partial charge on any atom is 0.0897 e. The molecule has 3 heteroatoms. The van der Waals surface area contributed by atoms with Crippen molar-refractivity contribution in [3.05, 3.63) is 0 Å². The van der Waals surface area contributed by atoms with Gasteiger partial charge in [0.1, 0.15) is 0 Å². The van der Waals surface area contributed by atoms with E-state index in [0.29, 0.717) is 31.0 Å². The van der Waals surface area contributed by atoms with Crippen LogP contribution in [0.25, 0.3) is 0 Å². The lowest BCUT2D eigenvalue weighted by Crippen LogP contribution is -2.36. The zero-order chi connectivity index (χ0) is 15.4. The van der Waals surface area contributed by atoms with E-state index in [1.165, 1.54) is 25.7 Å². The third-order valence-electron chi connectivity index (χ3n) is 3.73. The van der Waals surface area contributed by atoms with E-state index in [2.05, 4.69) is 39.9 Å². The Balaban J connectivity index is 3.63. The summed E-state index contributed by atoms with van der Waals surface area (Å²) in [5.74, 6) is 1.34. The molecule has 3 unspecified atom stereocenters. The molecular weight excluding hydrogens is 250 g/mol. The SMILES string of the molecule is CCCCC(CC)COCC(O)CNC(C)CC(C)C. The first-order valence-electron chi connectivity index (χ1n) is 8.48. The van der Waals surface area contributed by atoms with Gasteiger partial charge in [-0.05, 0) is 31.6 Å². The fraction of sp³-hybridized carbons (Fsp3) is 1.00. The first-order valence-corrected chi connectivity index (χ1v) is 8.48. The second kappa shape index (κ2) is 12.6. The van der Waals surface area contributed by atoms with Gasteiger partial charge in [0, 0.05) is 19.2 Å². The lowest BCUT2D eigenvalue weighted by Gasteiger charge is -2.20. The molecule has 0 radical (unpaired) electrons. The predicted octanol–water partition coefficient (Wildman–Crippen LogP) is 3.60. The third kappa shape index (κ3) is 11.7. The van der Waals surface area contributed by atoms with Gasteiger partial charge >= 0.3 is 0 Å². The Labute approximate surface area is 126 Å². The molecule has 0 aromatic heterocycles. The second-order valence-electron chi connectivity index (χ2n) is 6.55. The van der Waals surface area contributed by atoms with E-state index in [0.717, 1.165) is 13.0 Å². The Morgan fingerprint density at radius 2 is 1.80 bits per heavy atom. The van der Waals surface area contributed by atoms with Gasteiger partial charge in [0.15, 0.2) is 0 Å². The van der Waals surface area contributed by atoms with Crippen LogP contribution >= 0.6 is 0 Å². The highest BCUT2D eigenvalue weighted by Crippen LogP contribution is 2.12. The summed E-state index contributed by atoms with van der Waals surface area (Å²) >= 11 is 0. The van der Waals surface area contributed by atoms with Gasteiger partial charge in [0.05, 0.1) is 12.7 Å². The van der Waals surface area contributed by atoms with E-state index < -0.39 is 6.10 Å². The fourth-order valence-corrected chi connectivity index (χ4v) is 2.46. The molecule has 122 valence electrons. The van der Waals surface area contributed by atoms with Gasteiger partial charge in [-0.2, -0.15) is 0 Å². The monoisotopic (exact) mass is 287 g/mol. The Kier molecular flexibility index (Phi) is 12.5. The van der Waals surface area contributed by atoms with E-state index in [1.807, 2.05) is 0 Å². The van der Waals surface area contributed by atoms with Gasteiger partial charge in [0.25, 0.3) is 0 Å². The summed E-state index contributed by atoms with van der Waals surface area (Å²) in [4.78, 5) is 0. The molecule has 0 amide bonds. The van der Waals surface area contributed by atoms with Crippen molar-refractivity contribution in [2.75, 3.05) is 19.8 Å². The fourth-order valence-electron chi connectivity index (χ4n) is 2.46. The Morgan fingerprint density at radius 3 is 2.35 bits per heavy atom. The Morgan fingerprint density at radius 1 is 1.10 bits per heavy atom. The van der Waals surface area contributed by atoms with Crippen LogP contribution in [-0.4, -0.2) is 37.0 Å². The summed E-state index contributed by atoms with van der Waals surface area (Å²) in [5.41, 5.74) is 0. The molecule has 2 N–H and O–H groups in total. The van der Waals surface area contributed by atoms with Crippen molar-refractivity contribution in [2.24, 2.45) is 11.8 Å². The molecule has 0 aromatic carbocycles. The van der Waals surface area contributed by atoms with Crippen molar-refractivity contribution >= 4 is 0 Å². The number of hydrogen-bond acceptors (Lipinski definition) is 3. The summed E-state index contributed by atoms with van der Waals surface area (Å²) in [7, 11) is 0. The molecular formula is C17H37NO2. The third-order valence-corrected chi connectivity index (χ3v) is 3.73. The molecule has 0 saturated carbocycles. The molecule has 3 atom stereocenters. The van der Waals surface area contributed by atoms with Crippen LogP contribution in [0.3, 0.4) is 0 Å². The highest BCUT2D eigenvalue weighted by Gasteiger charge is 2.10. The van der Waals surface area contributed by atoms with E-state index in [4.69, 9.17) is 4.74 Å². The van der Waals surface area contributed by atoms with Crippen LogP contribution in [0.15, 0.2) is 0 Å². The van der Waals surface area contributed by atoms with Crippen LogP contribution < -0.4 is 5.32 Å². The number of rotatable bonds is 13. The van der Waals surface area contributed by atoms with E-state index >= 15 is 0 Å². The maximum absolute atomic E-state index is 9.91. The first-order chi connectivity index (χ1) is 9.49. The summed E-state index contributed by atoms with van der Waals surface area (Å²) in [6.45, 7) is 12.9. The molecule has 20 heavy (non-hydrogen) atoms. The molecule has 0 rings (SSSR count). The van der Waals surface area contributed by atoms with Crippen molar-refractivity contribution in [1.82, 2.24) is 5.32 Å². The van der Waals surface area contributed by atoms with E-state index in [9.17, 15) is 5.11 Å². The molecule has 0 bridgehead atoms. The first kappa shape index (κ1) is 19.9. The molecule has 0 aromatic rings. The normalized spacial score (nSPS) is 16.4. The largest absolute Gasteiger partial charge is 0.389 e. The van der Waals surface area contributed by atoms with Crippen molar-refractivity contribution in [3.63, 3.8) is 0 Å². The molecule has 0 spiro atoms. The standard InChI is InChI=1S/C17H37NO2/c1-6-8-9-16(7-2)12-20-13-17(19)11-18-15(5)10-14(3)4/h14-19H,6-13H2,1-5H3. The van der Waals surface area contributed by atoms with Gasteiger partial charge in [-0.15, -0.1) is 0 Å². The minimum Gasteiger partial charge on any atom is -0.389 e. The van der Waals surface area contributed by atoms with Crippen molar-refractivity contribution in [1.29, 1.82) is 0 Å². The topological polar surface area (TPSA) is 41.5 Å². The van der Waals surface area contributed by atoms with Crippen molar-refractivity contribution < 1.29 is 9.84 Å². The number of hydrogen-bond donors (Lipinski definition) is 2. The number of ether oxygens (including phenoxy) is 1. The zero-order valence-corrected chi connectivity index (χ0v) is 14.3. The predicted molar refractivity (Wildman–Crippen MR) is 87.1 cm³/mol. The summed E-state index contributed by atoms with van der Waals surface area (Å²) < 4.78 is 5.67. The zero-order valence-electron chi connectivity index (χ0n) is 14.3. The average molecular weight is 287 g/mol. The van der Waals surface area contributed by atoms with Gasteiger partial charge in [0.2, 0.25) is 0 Å². The molecule has 0 heterocycles. The van der Waals surface area contributed by atoms with Crippen LogP contribution in [0.4, 0.5) is 0 Å². The quantitative estimate of drug-likeness (QED) is 0.544. The highest BCUT2D eigenvalue weighted by molar-refractivity contribution is 4.67. The van der Waals surface area contributed by atoms with E-state index in [1.54, 1.807) is 0 Å². The molecule has 0 aliphatic rings. The van der Waals surface area contributed by atoms with Crippen LogP contribution in [0.5, 0.6) is 0 Å². The van der Waals surface area contributed by atoms with E-state index in [-0.39, 0.29) is 0 Å². The number of aliphatic hydroxyl groups is 1. The minimum absolute atomic E-state index is 0.395. The second-order valence-corrected chi connectivity index (χ2v) is 6.55. The molecule has 0 saturated heterocycles. The van der Waals surface area contributed by atoms with Gasteiger partial charge in [-0.25, -0.2) is 0 Å². The maximum atomic E-state index is 9.91. The van der Waals surface area contributed by atoms with Gasteiger partial charge < -0.3 is 15.2 Å². The lowest BCUT2D eigenvalue weighted by atomic mass is 10.0. The van der Waals surface area contributed by atoms with Crippen molar-refractivity contribution in [3.8, 4) is 0 Å². The highest BCUT2D eigenvalue weighted by atomic mass is 16.5. The van der Waals surface area contributed by atoms with Crippen LogP contribution in [0, 0.1) is 11.8 Å². The number of aliphatic hydroxyl groups excluding tert-OH is 1.